The maximum absolute atomic E-state index is 12.2. The fourth-order valence-corrected chi connectivity index (χ4v) is 3.15. The zero-order valence-corrected chi connectivity index (χ0v) is 14.8. The van der Waals surface area contributed by atoms with E-state index in [0.717, 1.165) is 5.56 Å². The highest BCUT2D eigenvalue weighted by atomic mass is 32.2. The number of sulfonamides is 1. The van der Waals surface area contributed by atoms with Gasteiger partial charge in [0.05, 0.1) is 4.90 Å². The molecule has 0 aliphatic rings. The van der Waals surface area contributed by atoms with E-state index >= 15 is 0 Å². The lowest BCUT2D eigenvalue weighted by molar-refractivity contribution is 0.0950. The molecular formula is C18H19N3O4S. The minimum atomic E-state index is -3.63. The summed E-state index contributed by atoms with van der Waals surface area (Å²) in [7, 11) is -3.63. The van der Waals surface area contributed by atoms with Gasteiger partial charge in [-0.15, -0.1) is 6.58 Å². The largest absolute Gasteiger partial charge is 0.366 e. The lowest BCUT2D eigenvalue weighted by atomic mass is 10.1. The van der Waals surface area contributed by atoms with Crippen molar-refractivity contribution in [2.24, 2.45) is 5.73 Å². The van der Waals surface area contributed by atoms with Gasteiger partial charge in [-0.25, -0.2) is 13.1 Å². The van der Waals surface area contributed by atoms with Crippen LogP contribution in [0.5, 0.6) is 0 Å². The van der Waals surface area contributed by atoms with E-state index < -0.39 is 15.9 Å². The summed E-state index contributed by atoms with van der Waals surface area (Å²) in [5.74, 6) is -0.905. The predicted molar refractivity (Wildman–Crippen MR) is 98.0 cm³/mol. The summed E-state index contributed by atoms with van der Waals surface area (Å²) < 4.78 is 26.3. The van der Waals surface area contributed by atoms with Crippen LogP contribution in [-0.4, -0.2) is 26.8 Å². The predicted octanol–water partition coefficient (Wildman–Crippen LogP) is 1.18. The third kappa shape index (κ3) is 5.01. The van der Waals surface area contributed by atoms with Gasteiger partial charge in [-0.3, -0.25) is 9.59 Å². The first kappa shape index (κ1) is 19.4. The van der Waals surface area contributed by atoms with Gasteiger partial charge in [0, 0.05) is 24.2 Å². The molecule has 0 bridgehead atoms. The molecule has 0 aromatic heterocycles. The van der Waals surface area contributed by atoms with Crippen molar-refractivity contribution in [1.29, 1.82) is 0 Å². The molecule has 26 heavy (non-hydrogen) atoms. The average Bonchev–Trinajstić information content (AvgIpc) is 2.64. The van der Waals surface area contributed by atoms with E-state index in [2.05, 4.69) is 16.6 Å². The molecule has 0 aliphatic carbocycles. The van der Waals surface area contributed by atoms with Crippen LogP contribution >= 0.6 is 0 Å². The molecule has 7 nitrogen and oxygen atoms in total. The van der Waals surface area contributed by atoms with Crippen molar-refractivity contribution in [3.05, 3.63) is 77.9 Å². The topological polar surface area (TPSA) is 118 Å². The first-order valence-electron chi connectivity index (χ1n) is 7.71. The second-order valence-electron chi connectivity index (χ2n) is 5.41. The minimum Gasteiger partial charge on any atom is -0.366 e. The highest BCUT2D eigenvalue weighted by Crippen LogP contribution is 2.11. The highest BCUT2D eigenvalue weighted by molar-refractivity contribution is 7.89. The lowest BCUT2D eigenvalue weighted by Gasteiger charge is -2.08. The minimum absolute atomic E-state index is 0.0602. The Labute approximate surface area is 152 Å². The molecule has 2 rings (SSSR count). The van der Waals surface area contributed by atoms with E-state index in [9.17, 15) is 18.0 Å². The van der Waals surface area contributed by atoms with Crippen molar-refractivity contribution in [2.45, 2.75) is 11.4 Å². The fraction of sp³-hybridized carbons (Fsp3) is 0.111. The van der Waals surface area contributed by atoms with Crippen LogP contribution in [0.4, 0.5) is 0 Å². The number of hydrogen-bond donors (Lipinski definition) is 3. The summed E-state index contributed by atoms with van der Waals surface area (Å²) >= 11 is 0. The molecule has 2 amide bonds. The number of hydrogen-bond acceptors (Lipinski definition) is 4. The van der Waals surface area contributed by atoms with E-state index in [4.69, 9.17) is 5.73 Å². The molecule has 4 N–H and O–H groups in total. The van der Waals surface area contributed by atoms with Crippen LogP contribution in [0.3, 0.4) is 0 Å². The van der Waals surface area contributed by atoms with Crippen LogP contribution in [0.1, 0.15) is 26.3 Å². The normalized spacial score (nSPS) is 10.9. The lowest BCUT2D eigenvalue weighted by Crippen LogP contribution is -2.25. The summed E-state index contributed by atoms with van der Waals surface area (Å²) in [4.78, 5) is 23.4. The number of primary amides is 1. The standard InChI is InChI=1S/C18H19N3O4S/c1-2-10-21-26(24,25)16-8-6-14(7-9-16)18(23)20-12-13-4-3-5-15(11-13)17(19)22/h2-9,11,21H,1,10,12H2,(H2,19,22)(H,20,23). The molecule has 0 aliphatic heterocycles. The summed E-state index contributed by atoms with van der Waals surface area (Å²) in [6, 6.07) is 12.2. The summed E-state index contributed by atoms with van der Waals surface area (Å²) in [5.41, 5.74) is 6.63. The van der Waals surface area contributed by atoms with Crippen LogP contribution < -0.4 is 15.8 Å². The van der Waals surface area contributed by atoms with E-state index in [0.29, 0.717) is 11.1 Å². The van der Waals surface area contributed by atoms with Crippen LogP contribution in [0.2, 0.25) is 0 Å². The number of carbonyl (C=O) groups excluding carboxylic acids is 2. The number of amides is 2. The molecule has 0 radical (unpaired) electrons. The quantitative estimate of drug-likeness (QED) is 0.602. The fourth-order valence-electron chi connectivity index (χ4n) is 2.16. The van der Waals surface area contributed by atoms with Crippen LogP contribution in [0.15, 0.2) is 66.1 Å². The van der Waals surface area contributed by atoms with Gasteiger partial charge >= 0.3 is 0 Å². The van der Waals surface area contributed by atoms with Crippen molar-refractivity contribution >= 4 is 21.8 Å². The molecule has 0 fully saturated rings. The zero-order chi connectivity index (χ0) is 19.2. The van der Waals surface area contributed by atoms with Crippen molar-refractivity contribution in [3.8, 4) is 0 Å². The van der Waals surface area contributed by atoms with E-state index in [-0.39, 0.29) is 23.9 Å². The number of nitrogens with two attached hydrogens (primary N) is 1. The number of rotatable bonds is 8. The third-order valence-electron chi connectivity index (χ3n) is 3.51. The van der Waals surface area contributed by atoms with Crippen molar-refractivity contribution in [1.82, 2.24) is 10.0 Å². The Morgan fingerprint density at radius 3 is 2.38 bits per heavy atom. The number of carbonyl (C=O) groups is 2. The Kier molecular flexibility index (Phi) is 6.26. The van der Waals surface area contributed by atoms with Crippen molar-refractivity contribution < 1.29 is 18.0 Å². The Morgan fingerprint density at radius 2 is 1.77 bits per heavy atom. The van der Waals surface area contributed by atoms with E-state index in [1.165, 1.54) is 30.3 Å². The second kappa shape index (κ2) is 8.41. The molecule has 136 valence electrons. The van der Waals surface area contributed by atoms with Crippen LogP contribution in [-0.2, 0) is 16.6 Å². The maximum Gasteiger partial charge on any atom is 0.251 e. The molecule has 0 unspecified atom stereocenters. The van der Waals surface area contributed by atoms with Gasteiger partial charge in [0.2, 0.25) is 15.9 Å². The second-order valence-corrected chi connectivity index (χ2v) is 7.18. The Bertz CT molecular complexity index is 922. The van der Waals surface area contributed by atoms with Crippen molar-refractivity contribution in [2.75, 3.05) is 6.54 Å². The van der Waals surface area contributed by atoms with Crippen LogP contribution in [0, 0.1) is 0 Å². The first-order valence-corrected chi connectivity index (χ1v) is 9.19. The van der Waals surface area contributed by atoms with Gasteiger partial charge in [0.15, 0.2) is 0 Å². The zero-order valence-electron chi connectivity index (χ0n) is 13.9. The smallest absolute Gasteiger partial charge is 0.251 e. The van der Waals surface area contributed by atoms with Gasteiger partial charge in [0.1, 0.15) is 0 Å². The molecule has 0 heterocycles. The van der Waals surface area contributed by atoms with Gasteiger partial charge in [0.25, 0.3) is 5.91 Å². The SMILES string of the molecule is C=CCNS(=O)(=O)c1ccc(C(=O)NCc2cccc(C(N)=O)c2)cc1. The number of nitrogens with one attached hydrogen (secondary N) is 2. The Hall–Kier alpha value is -2.97. The molecular weight excluding hydrogens is 354 g/mol. The Balaban J connectivity index is 2.03. The molecule has 0 spiro atoms. The summed E-state index contributed by atoms with van der Waals surface area (Å²) in [6.45, 7) is 3.78. The monoisotopic (exact) mass is 373 g/mol. The first-order chi connectivity index (χ1) is 12.3. The van der Waals surface area contributed by atoms with E-state index in [1.807, 2.05) is 0 Å². The van der Waals surface area contributed by atoms with Gasteiger partial charge in [-0.2, -0.15) is 0 Å². The van der Waals surface area contributed by atoms with Crippen molar-refractivity contribution in [3.63, 3.8) is 0 Å². The Morgan fingerprint density at radius 1 is 1.08 bits per heavy atom. The van der Waals surface area contributed by atoms with Gasteiger partial charge in [-0.1, -0.05) is 18.2 Å². The third-order valence-corrected chi connectivity index (χ3v) is 4.95. The van der Waals surface area contributed by atoms with Gasteiger partial charge < -0.3 is 11.1 Å². The maximum atomic E-state index is 12.2. The molecule has 2 aromatic rings. The molecule has 2 aromatic carbocycles. The average molecular weight is 373 g/mol. The van der Waals surface area contributed by atoms with Gasteiger partial charge in [-0.05, 0) is 42.0 Å². The number of benzene rings is 2. The highest BCUT2D eigenvalue weighted by Gasteiger charge is 2.14. The molecule has 8 heteroatoms. The van der Waals surface area contributed by atoms with Crippen LogP contribution in [0.25, 0.3) is 0 Å². The summed E-state index contributed by atoms with van der Waals surface area (Å²) in [5, 5.41) is 2.70. The van der Waals surface area contributed by atoms with E-state index in [1.54, 1.807) is 24.3 Å². The molecule has 0 atom stereocenters. The molecule has 0 saturated heterocycles. The molecule has 0 saturated carbocycles. The summed E-state index contributed by atoms with van der Waals surface area (Å²) in [6.07, 6.45) is 1.44.